The number of pyridine rings is 1. The molecule has 1 N–H and O–H groups in total. The lowest BCUT2D eigenvalue weighted by Crippen LogP contribution is -2.54. The second kappa shape index (κ2) is 5.50. The van der Waals surface area contributed by atoms with Crippen LogP contribution in [0.15, 0.2) is 23.2 Å². The lowest BCUT2D eigenvalue weighted by atomic mass is 9.72. The zero-order chi connectivity index (χ0) is 15.1. The molecule has 1 aromatic rings. The van der Waals surface area contributed by atoms with Crippen LogP contribution >= 0.6 is 11.6 Å². The summed E-state index contributed by atoms with van der Waals surface area (Å²) >= 11 is 5.79. The maximum atomic E-state index is 12.7. The van der Waals surface area contributed by atoms with Crippen molar-refractivity contribution in [2.75, 3.05) is 13.1 Å². The van der Waals surface area contributed by atoms with Crippen molar-refractivity contribution in [3.8, 4) is 0 Å². The molecule has 1 saturated carbocycles. The fourth-order valence-electron chi connectivity index (χ4n) is 3.45. The fraction of sp³-hybridized carbons (Fsp3) is 0.643. The molecule has 7 heteroatoms. The van der Waals surface area contributed by atoms with E-state index >= 15 is 0 Å². The van der Waals surface area contributed by atoms with Crippen molar-refractivity contribution in [3.05, 3.63) is 23.5 Å². The van der Waals surface area contributed by atoms with Crippen LogP contribution in [0.4, 0.5) is 0 Å². The molecule has 116 valence electrons. The monoisotopic (exact) mass is 330 g/mol. The predicted molar refractivity (Wildman–Crippen MR) is 79.5 cm³/mol. The number of piperidine rings is 1. The summed E-state index contributed by atoms with van der Waals surface area (Å²) in [5, 5.41) is 10.8. The molecular weight excluding hydrogens is 312 g/mol. The van der Waals surface area contributed by atoms with Crippen LogP contribution in [0.2, 0.25) is 5.15 Å². The number of hydrogen-bond donors (Lipinski definition) is 1. The highest BCUT2D eigenvalue weighted by atomic mass is 35.5. The van der Waals surface area contributed by atoms with Crippen molar-refractivity contribution in [2.24, 2.45) is 5.92 Å². The lowest BCUT2D eigenvalue weighted by Gasteiger charge is -2.46. The Morgan fingerprint density at radius 1 is 1.38 bits per heavy atom. The molecule has 0 spiro atoms. The first-order valence-electron chi connectivity index (χ1n) is 7.26. The van der Waals surface area contributed by atoms with E-state index in [1.54, 1.807) is 0 Å². The van der Waals surface area contributed by atoms with E-state index in [2.05, 4.69) is 4.98 Å². The van der Waals surface area contributed by atoms with Gasteiger partial charge in [0.2, 0.25) is 10.0 Å². The Morgan fingerprint density at radius 2 is 2.19 bits per heavy atom. The molecule has 2 unspecified atom stereocenters. The summed E-state index contributed by atoms with van der Waals surface area (Å²) in [6.45, 7) is 0.744. The van der Waals surface area contributed by atoms with Gasteiger partial charge in [0.1, 0.15) is 5.15 Å². The Bertz CT molecular complexity index is 637. The first-order valence-corrected chi connectivity index (χ1v) is 9.08. The lowest BCUT2D eigenvalue weighted by molar-refractivity contribution is -0.0816. The van der Waals surface area contributed by atoms with Crippen LogP contribution in [0.25, 0.3) is 0 Å². The van der Waals surface area contributed by atoms with Crippen LogP contribution in [0, 0.1) is 5.92 Å². The van der Waals surface area contributed by atoms with E-state index in [0.29, 0.717) is 19.5 Å². The van der Waals surface area contributed by atoms with E-state index in [4.69, 9.17) is 11.6 Å². The van der Waals surface area contributed by atoms with E-state index in [1.807, 2.05) is 0 Å². The Labute approximate surface area is 130 Å². The highest BCUT2D eigenvalue weighted by Crippen LogP contribution is 2.41. The summed E-state index contributed by atoms with van der Waals surface area (Å²) in [5.74, 6) is 0.0343. The van der Waals surface area contributed by atoms with Crippen molar-refractivity contribution in [1.82, 2.24) is 9.29 Å². The molecule has 1 aliphatic heterocycles. The molecule has 2 heterocycles. The van der Waals surface area contributed by atoms with Gasteiger partial charge in [-0.3, -0.25) is 0 Å². The Kier molecular flexibility index (Phi) is 3.98. The second-order valence-electron chi connectivity index (χ2n) is 5.97. The number of sulfonamides is 1. The van der Waals surface area contributed by atoms with Crippen LogP contribution in [-0.4, -0.2) is 41.5 Å². The molecule has 1 aromatic heterocycles. The van der Waals surface area contributed by atoms with E-state index in [9.17, 15) is 13.5 Å². The molecule has 0 amide bonds. The van der Waals surface area contributed by atoms with Gasteiger partial charge in [0.25, 0.3) is 0 Å². The number of aromatic nitrogens is 1. The van der Waals surface area contributed by atoms with Gasteiger partial charge in [-0.15, -0.1) is 0 Å². The van der Waals surface area contributed by atoms with E-state index in [-0.39, 0.29) is 16.0 Å². The summed E-state index contributed by atoms with van der Waals surface area (Å²) in [5.41, 5.74) is -0.680. The molecule has 0 aromatic carbocycles. The quantitative estimate of drug-likeness (QED) is 0.842. The summed E-state index contributed by atoms with van der Waals surface area (Å²) in [4.78, 5) is 3.99. The number of fused-ring (bicyclic) bond motifs is 1. The fourth-order valence-corrected chi connectivity index (χ4v) is 5.19. The van der Waals surface area contributed by atoms with Crippen molar-refractivity contribution in [1.29, 1.82) is 0 Å². The highest BCUT2D eigenvalue weighted by Gasteiger charge is 2.45. The summed E-state index contributed by atoms with van der Waals surface area (Å²) in [6, 6.07) is 2.83. The number of rotatable bonds is 2. The molecule has 1 aliphatic carbocycles. The van der Waals surface area contributed by atoms with Crippen LogP contribution < -0.4 is 0 Å². The van der Waals surface area contributed by atoms with Crippen LogP contribution in [0.1, 0.15) is 32.1 Å². The summed E-state index contributed by atoms with van der Waals surface area (Å²) in [6.07, 6.45) is 5.67. The zero-order valence-corrected chi connectivity index (χ0v) is 13.3. The van der Waals surface area contributed by atoms with Gasteiger partial charge in [-0.25, -0.2) is 13.4 Å². The predicted octanol–water partition coefficient (Wildman–Crippen LogP) is 2.05. The molecule has 21 heavy (non-hydrogen) atoms. The summed E-state index contributed by atoms with van der Waals surface area (Å²) < 4.78 is 26.8. The minimum atomic E-state index is -3.56. The van der Waals surface area contributed by atoms with Gasteiger partial charge in [-0.05, 0) is 31.4 Å². The van der Waals surface area contributed by atoms with Gasteiger partial charge in [0, 0.05) is 25.2 Å². The first kappa shape index (κ1) is 15.2. The largest absolute Gasteiger partial charge is 0.390 e. The minimum absolute atomic E-state index is 0.0343. The molecule has 3 rings (SSSR count). The van der Waals surface area contributed by atoms with E-state index in [1.165, 1.54) is 22.6 Å². The molecule has 2 atom stereocenters. The molecule has 0 bridgehead atoms. The third-order valence-electron chi connectivity index (χ3n) is 4.73. The molecule has 1 saturated heterocycles. The van der Waals surface area contributed by atoms with Crippen molar-refractivity contribution in [3.63, 3.8) is 0 Å². The zero-order valence-electron chi connectivity index (χ0n) is 11.7. The highest BCUT2D eigenvalue weighted by molar-refractivity contribution is 7.89. The Morgan fingerprint density at radius 3 is 2.95 bits per heavy atom. The number of nitrogens with zero attached hydrogens (tertiary/aromatic N) is 2. The molecule has 2 aliphatic rings. The van der Waals surface area contributed by atoms with Gasteiger partial charge < -0.3 is 5.11 Å². The SMILES string of the molecule is O=S(=O)(c1ccnc(Cl)c1)N1CCC2(O)CCCCC2C1. The normalized spacial score (nSPS) is 30.9. The molecular formula is C14H19ClN2O3S. The van der Waals surface area contributed by atoms with Gasteiger partial charge in [0.15, 0.2) is 0 Å². The van der Waals surface area contributed by atoms with Gasteiger partial charge >= 0.3 is 0 Å². The maximum Gasteiger partial charge on any atom is 0.243 e. The standard InChI is InChI=1S/C14H19ClN2O3S/c15-13-9-12(4-7-16-13)21(19,20)17-8-6-14(18)5-2-1-3-11(14)10-17/h4,7,9,11,18H,1-3,5-6,8,10H2. The molecule has 2 fully saturated rings. The van der Waals surface area contributed by atoms with Gasteiger partial charge in [0.05, 0.1) is 10.5 Å². The molecule has 5 nitrogen and oxygen atoms in total. The smallest absolute Gasteiger partial charge is 0.243 e. The molecule has 0 radical (unpaired) electrons. The van der Waals surface area contributed by atoms with Gasteiger partial charge in [-0.2, -0.15) is 4.31 Å². The maximum absolute atomic E-state index is 12.7. The van der Waals surface area contributed by atoms with Gasteiger partial charge in [-0.1, -0.05) is 24.4 Å². The average Bonchev–Trinajstić information content (AvgIpc) is 2.46. The first-order chi connectivity index (χ1) is 9.92. The number of aliphatic hydroxyl groups is 1. The van der Waals surface area contributed by atoms with Crippen LogP contribution in [0.3, 0.4) is 0 Å². The van der Waals surface area contributed by atoms with Crippen molar-refractivity contribution in [2.45, 2.75) is 42.6 Å². The third kappa shape index (κ3) is 2.82. The van der Waals surface area contributed by atoms with E-state index < -0.39 is 15.6 Å². The average molecular weight is 331 g/mol. The van der Waals surface area contributed by atoms with E-state index in [0.717, 1.165) is 25.7 Å². The van der Waals surface area contributed by atoms with Crippen molar-refractivity contribution < 1.29 is 13.5 Å². The second-order valence-corrected chi connectivity index (χ2v) is 8.30. The van der Waals surface area contributed by atoms with Crippen LogP contribution in [0.5, 0.6) is 0 Å². The summed E-state index contributed by atoms with van der Waals surface area (Å²) in [7, 11) is -3.56. The number of halogens is 1. The third-order valence-corrected chi connectivity index (χ3v) is 6.79. The minimum Gasteiger partial charge on any atom is -0.390 e. The Balaban J connectivity index is 1.84. The number of hydrogen-bond acceptors (Lipinski definition) is 4. The Hall–Kier alpha value is -0.690. The topological polar surface area (TPSA) is 70.5 Å². The van der Waals surface area contributed by atoms with Crippen LogP contribution in [-0.2, 0) is 10.0 Å². The van der Waals surface area contributed by atoms with Crippen molar-refractivity contribution >= 4 is 21.6 Å².